The summed E-state index contributed by atoms with van der Waals surface area (Å²) in [5, 5.41) is 3.20. The topological polar surface area (TPSA) is 76.4 Å². The molecule has 0 spiro atoms. The van der Waals surface area contributed by atoms with Crippen LogP contribution in [0, 0.1) is 0 Å². The molecule has 2 aromatic carbocycles. The van der Waals surface area contributed by atoms with Crippen LogP contribution in [-0.4, -0.2) is 14.3 Å². The lowest BCUT2D eigenvalue weighted by Gasteiger charge is -2.06. The number of hydrogen-bond donors (Lipinski definition) is 1. The number of anilines is 1. The van der Waals surface area contributed by atoms with E-state index in [9.17, 15) is 13.2 Å². The van der Waals surface area contributed by atoms with Gasteiger partial charge in [-0.2, -0.15) is 0 Å². The first-order valence-corrected chi connectivity index (χ1v) is 9.40. The molecule has 0 fully saturated rings. The standard InChI is InChI=1S/C18H14ClNO4S/c19-14-6-8-15(9-7-14)20-18(21)17-13(10-11-24-17)12-25(22,23)16-4-2-1-3-5-16/h1-11H,12H2,(H,20,21). The molecule has 1 aromatic heterocycles. The summed E-state index contributed by atoms with van der Waals surface area (Å²) in [4.78, 5) is 12.6. The second-order valence-corrected chi connectivity index (χ2v) is 7.73. The molecule has 128 valence electrons. The number of amides is 1. The Balaban J connectivity index is 1.80. The number of halogens is 1. The van der Waals surface area contributed by atoms with E-state index in [-0.39, 0.29) is 16.4 Å². The fourth-order valence-electron chi connectivity index (χ4n) is 2.29. The number of nitrogens with one attached hydrogen (secondary N) is 1. The van der Waals surface area contributed by atoms with Crippen molar-refractivity contribution in [1.29, 1.82) is 0 Å². The summed E-state index contributed by atoms with van der Waals surface area (Å²) in [6, 6.07) is 16.1. The van der Waals surface area contributed by atoms with Crippen LogP contribution in [-0.2, 0) is 15.6 Å². The van der Waals surface area contributed by atoms with Crippen LogP contribution in [0.3, 0.4) is 0 Å². The van der Waals surface area contributed by atoms with Crippen LogP contribution in [0.2, 0.25) is 5.02 Å². The number of sulfone groups is 1. The molecule has 3 aromatic rings. The van der Waals surface area contributed by atoms with Crippen molar-refractivity contribution in [2.24, 2.45) is 0 Å². The number of benzene rings is 2. The Morgan fingerprint density at radius 1 is 1.00 bits per heavy atom. The van der Waals surface area contributed by atoms with Gasteiger partial charge in [-0.3, -0.25) is 4.79 Å². The maximum absolute atomic E-state index is 12.5. The highest BCUT2D eigenvalue weighted by molar-refractivity contribution is 7.90. The van der Waals surface area contributed by atoms with Gasteiger partial charge in [-0.25, -0.2) is 8.42 Å². The van der Waals surface area contributed by atoms with Gasteiger partial charge in [0.25, 0.3) is 5.91 Å². The highest BCUT2D eigenvalue weighted by atomic mass is 35.5. The largest absolute Gasteiger partial charge is 0.459 e. The van der Waals surface area contributed by atoms with Crippen LogP contribution < -0.4 is 5.32 Å². The molecule has 3 rings (SSSR count). The molecule has 0 aliphatic carbocycles. The van der Waals surface area contributed by atoms with Crippen molar-refractivity contribution in [3.05, 3.63) is 83.3 Å². The molecule has 0 aliphatic heterocycles. The first kappa shape index (κ1) is 17.3. The fourth-order valence-corrected chi connectivity index (χ4v) is 3.79. The zero-order chi connectivity index (χ0) is 17.9. The van der Waals surface area contributed by atoms with Crippen LogP contribution in [0.1, 0.15) is 16.1 Å². The first-order valence-electron chi connectivity index (χ1n) is 7.37. The van der Waals surface area contributed by atoms with E-state index in [2.05, 4.69) is 5.32 Å². The van der Waals surface area contributed by atoms with Gasteiger partial charge < -0.3 is 9.73 Å². The van der Waals surface area contributed by atoms with Gasteiger partial charge in [0.2, 0.25) is 0 Å². The van der Waals surface area contributed by atoms with Gasteiger partial charge in [-0.15, -0.1) is 0 Å². The quantitative estimate of drug-likeness (QED) is 0.726. The Labute approximate surface area is 150 Å². The molecule has 1 amide bonds. The normalized spacial score (nSPS) is 11.2. The Kier molecular flexibility index (Phi) is 4.92. The molecule has 7 heteroatoms. The lowest BCUT2D eigenvalue weighted by molar-refractivity contribution is 0.0996. The summed E-state index contributed by atoms with van der Waals surface area (Å²) in [7, 11) is -3.58. The Morgan fingerprint density at radius 2 is 1.68 bits per heavy atom. The van der Waals surface area contributed by atoms with Crippen molar-refractivity contribution in [2.45, 2.75) is 10.6 Å². The van der Waals surface area contributed by atoms with Crippen molar-refractivity contribution in [3.63, 3.8) is 0 Å². The predicted octanol–water partition coefficient (Wildman–Crippen LogP) is 4.16. The van der Waals surface area contributed by atoms with Crippen molar-refractivity contribution in [2.75, 3.05) is 5.32 Å². The molecule has 0 radical (unpaired) electrons. The van der Waals surface area contributed by atoms with Gasteiger partial charge >= 0.3 is 0 Å². The third-order valence-corrected chi connectivity index (χ3v) is 5.44. The SMILES string of the molecule is O=C(Nc1ccc(Cl)cc1)c1occc1CS(=O)(=O)c1ccccc1. The third-order valence-electron chi connectivity index (χ3n) is 3.50. The van der Waals surface area contributed by atoms with E-state index in [0.717, 1.165) is 0 Å². The van der Waals surface area contributed by atoms with Crippen LogP contribution in [0.25, 0.3) is 0 Å². The highest BCUT2D eigenvalue weighted by Gasteiger charge is 2.22. The molecule has 5 nitrogen and oxygen atoms in total. The number of rotatable bonds is 5. The zero-order valence-corrected chi connectivity index (χ0v) is 14.5. The second-order valence-electron chi connectivity index (χ2n) is 5.31. The molecule has 1 heterocycles. The maximum atomic E-state index is 12.5. The Hall–Kier alpha value is -2.57. The van der Waals surface area contributed by atoms with E-state index >= 15 is 0 Å². The van der Waals surface area contributed by atoms with E-state index in [4.69, 9.17) is 16.0 Å². The molecule has 0 unspecified atom stereocenters. The van der Waals surface area contributed by atoms with Crippen molar-refractivity contribution in [3.8, 4) is 0 Å². The summed E-state index contributed by atoms with van der Waals surface area (Å²) in [5.41, 5.74) is 0.831. The molecular weight excluding hydrogens is 362 g/mol. The van der Waals surface area contributed by atoms with Crippen molar-refractivity contribution >= 4 is 33.0 Å². The highest BCUT2D eigenvalue weighted by Crippen LogP contribution is 2.21. The molecule has 0 aliphatic rings. The summed E-state index contributed by atoms with van der Waals surface area (Å²) in [5.74, 6) is -0.878. The predicted molar refractivity (Wildman–Crippen MR) is 95.4 cm³/mol. The number of furan rings is 1. The monoisotopic (exact) mass is 375 g/mol. The van der Waals surface area contributed by atoms with E-state index in [1.165, 1.54) is 24.5 Å². The molecule has 0 saturated carbocycles. The van der Waals surface area contributed by atoms with E-state index in [0.29, 0.717) is 16.3 Å². The third kappa shape index (κ3) is 4.10. The van der Waals surface area contributed by atoms with Gasteiger partial charge in [-0.05, 0) is 42.5 Å². The minimum atomic E-state index is -3.58. The molecule has 25 heavy (non-hydrogen) atoms. The molecule has 1 N–H and O–H groups in total. The Bertz CT molecular complexity index is 979. The average Bonchev–Trinajstić information content (AvgIpc) is 3.05. The molecule has 0 atom stereocenters. The lowest BCUT2D eigenvalue weighted by Crippen LogP contribution is -2.14. The van der Waals surface area contributed by atoms with Gasteiger partial charge in [0.15, 0.2) is 15.6 Å². The van der Waals surface area contributed by atoms with E-state index in [1.54, 1.807) is 42.5 Å². The van der Waals surface area contributed by atoms with Crippen LogP contribution in [0.5, 0.6) is 0 Å². The Morgan fingerprint density at radius 3 is 2.36 bits per heavy atom. The molecule has 0 saturated heterocycles. The van der Waals surface area contributed by atoms with Crippen LogP contribution in [0.15, 0.2) is 76.2 Å². The first-order chi connectivity index (χ1) is 12.0. The van der Waals surface area contributed by atoms with E-state index < -0.39 is 15.7 Å². The number of hydrogen-bond acceptors (Lipinski definition) is 4. The summed E-state index contributed by atoms with van der Waals surface area (Å²) in [6.07, 6.45) is 1.30. The van der Waals surface area contributed by atoms with Gasteiger partial charge in [0, 0.05) is 16.3 Å². The molecule has 0 bridgehead atoms. The smallest absolute Gasteiger partial charge is 0.291 e. The summed E-state index contributed by atoms with van der Waals surface area (Å²) >= 11 is 5.81. The number of carbonyl (C=O) groups excluding carboxylic acids is 1. The second kappa shape index (κ2) is 7.13. The van der Waals surface area contributed by atoms with Gasteiger partial charge in [0.1, 0.15) is 0 Å². The lowest BCUT2D eigenvalue weighted by atomic mass is 10.2. The van der Waals surface area contributed by atoms with Crippen LogP contribution in [0.4, 0.5) is 5.69 Å². The fraction of sp³-hybridized carbons (Fsp3) is 0.0556. The van der Waals surface area contributed by atoms with Crippen LogP contribution >= 0.6 is 11.6 Å². The molecular formula is C18H14ClNO4S. The average molecular weight is 376 g/mol. The van der Waals surface area contributed by atoms with E-state index in [1.807, 2.05) is 0 Å². The minimum Gasteiger partial charge on any atom is -0.459 e. The van der Waals surface area contributed by atoms with Gasteiger partial charge in [-0.1, -0.05) is 29.8 Å². The maximum Gasteiger partial charge on any atom is 0.291 e. The van der Waals surface area contributed by atoms with Gasteiger partial charge in [0.05, 0.1) is 16.9 Å². The summed E-state index contributed by atoms with van der Waals surface area (Å²) in [6.45, 7) is 0. The zero-order valence-electron chi connectivity index (χ0n) is 13.0. The van der Waals surface area contributed by atoms with Crippen molar-refractivity contribution < 1.29 is 17.6 Å². The summed E-state index contributed by atoms with van der Waals surface area (Å²) < 4.78 is 30.2. The minimum absolute atomic E-state index is 0.0329. The van der Waals surface area contributed by atoms with Crippen molar-refractivity contribution in [1.82, 2.24) is 0 Å². The number of carbonyl (C=O) groups is 1.